The molecular formula is C17H14N4O2S. The van der Waals surface area contributed by atoms with Crippen LogP contribution in [-0.2, 0) is 16.4 Å². The van der Waals surface area contributed by atoms with Crippen LogP contribution in [0.15, 0.2) is 64.6 Å². The van der Waals surface area contributed by atoms with Crippen LogP contribution in [0.3, 0.4) is 0 Å². The number of hydrogen-bond acceptors (Lipinski definition) is 5. The van der Waals surface area contributed by atoms with E-state index in [1.54, 1.807) is 48.5 Å². The predicted octanol–water partition coefficient (Wildman–Crippen LogP) is 2.34. The van der Waals surface area contributed by atoms with Crippen molar-refractivity contribution in [2.75, 3.05) is 0 Å². The minimum Gasteiger partial charge on any atom is -0.247 e. The Hall–Kier alpha value is -2.98. The largest absolute Gasteiger partial charge is 0.252 e. The van der Waals surface area contributed by atoms with E-state index in [1.807, 2.05) is 13.0 Å². The number of sulfone groups is 1. The van der Waals surface area contributed by atoms with Gasteiger partial charge in [-0.05, 0) is 36.8 Å². The number of nitriles is 1. The molecule has 6 nitrogen and oxygen atoms in total. The lowest BCUT2D eigenvalue weighted by Crippen LogP contribution is -2.04. The molecule has 24 heavy (non-hydrogen) atoms. The molecule has 3 aromatic rings. The van der Waals surface area contributed by atoms with Gasteiger partial charge in [0.15, 0.2) is 0 Å². The lowest BCUT2D eigenvalue weighted by molar-refractivity contribution is 0.596. The van der Waals surface area contributed by atoms with Crippen LogP contribution in [0.2, 0.25) is 0 Å². The summed E-state index contributed by atoms with van der Waals surface area (Å²) in [4.78, 5) is 4.35. The van der Waals surface area contributed by atoms with E-state index in [1.165, 1.54) is 11.0 Å². The molecule has 1 heterocycles. The molecule has 0 spiro atoms. The molecule has 120 valence electrons. The van der Waals surface area contributed by atoms with Crippen LogP contribution >= 0.6 is 0 Å². The zero-order valence-electron chi connectivity index (χ0n) is 12.9. The quantitative estimate of drug-likeness (QED) is 0.728. The zero-order chi connectivity index (χ0) is 17.2. The van der Waals surface area contributed by atoms with Gasteiger partial charge in [0, 0.05) is 0 Å². The Labute approximate surface area is 139 Å². The van der Waals surface area contributed by atoms with Crippen LogP contribution in [0.1, 0.15) is 17.0 Å². The molecule has 0 N–H and O–H groups in total. The smallest absolute Gasteiger partial charge is 0.247 e. The van der Waals surface area contributed by atoms with Crippen molar-refractivity contribution >= 4 is 9.84 Å². The van der Waals surface area contributed by atoms with Crippen molar-refractivity contribution in [1.82, 2.24) is 14.8 Å². The van der Waals surface area contributed by atoms with Gasteiger partial charge in [0.2, 0.25) is 9.84 Å². The number of nitrogens with zero attached hydrogens (tertiary/aromatic N) is 4. The molecule has 0 aliphatic carbocycles. The van der Waals surface area contributed by atoms with Gasteiger partial charge in [0.1, 0.15) is 12.4 Å². The van der Waals surface area contributed by atoms with Gasteiger partial charge < -0.3 is 0 Å². The third-order valence-electron chi connectivity index (χ3n) is 3.55. The summed E-state index contributed by atoms with van der Waals surface area (Å²) in [7, 11) is -3.52. The van der Waals surface area contributed by atoms with Crippen molar-refractivity contribution in [3.05, 3.63) is 71.8 Å². The first-order valence-electron chi connectivity index (χ1n) is 7.19. The van der Waals surface area contributed by atoms with Gasteiger partial charge in [-0.3, -0.25) is 0 Å². The van der Waals surface area contributed by atoms with Crippen LogP contribution in [0.5, 0.6) is 0 Å². The standard InChI is InChI=1S/C17H14N4O2S/c1-13-2-6-15(7-3-13)24(22,23)16-8-4-14(5-9-16)11-21-12-19-17(10-18)20-21/h2-9,12H,11H2,1H3. The van der Waals surface area contributed by atoms with E-state index in [0.29, 0.717) is 6.54 Å². The average Bonchev–Trinajstić information content (AvgIpc) is 3.03. The highest BCUT2D eigenvalue weighted by atomic mass is 32.2. The van der Waals surface area contributed by atoms with E-state index in [-0.39, 0.29) is 15.6 Å². The minimum absolute atomic E-state index is 0.105. The van der Waals surface area contributed by atoms with Crippen LogP contribution < -0.4 is 0 Å². The van der Waals surface area contributed by atoms with E-state index in [2.05, 4.69) is 10.1 Å². The Morgan fingerprint density at radius 1 is 1.04 bits per heavy atom. The van der Waals surface area contributed by atoms with E-state index in [0.717, 1.165) is 11.1 Å². The van der Waals surface area contributed by atoms with Gasteiger partial charge in [-0.1, -0.05) is 29.8 Å². The summed E-state index contributed by atoms with van der Waals surface area (Å²) in [5, 5.41) is 12.7. The summed E-state index contributed by atoms with van der Waals surface area (Å²) in [5.74, 6) is 0.105. The van der Waals surface area contributed by atoms with Gasteiger partial charge >= 0.3 is 0 Å². The molecule has 0 atom stereocenters. The first-order chi connectivity index (χ1) is 11.5. The third kappa shape index (κ3) is 3.19. The highest BCUT2D eigenvalue weighted by molar-refractivity contribution is 7.91. The first-order valence-corrected chi connectivity index (χ1v) is 8.67. The molecule has 1 aromatic heterocycles. The van der Waals surface area contributed by atoms with Gasteiger partial charge in [0.05, 0.1) is 16.3 Å². The van der Waals surface area contributed by atoms with Gasteiger partial charge in [0.25, 0.3) is 5.82 Å². The summed E-state index contributed by atoms with van der Waals surface area (Å²) in [5.41, 5.74) is 1.88. The number of rotatable bonds is 4. The molecular weight excluding hydrogens is 324 g/mol. The van der Waals surface area contributed by atoms with Gasteiger partial charge in [-0.25, -0.2) is 18.1 Å². The monoisotopic (exact) mass is 338 g/mol. The molecule has 7 heteroatoms. The fraction of sp³-hybridized carbons (Fsp3) is 0.118. The number of benzene rings is 2. The molecule has 0 amide bonds. The van der Waals surface area contributed by atoms with E-state index < -0.39 is 9.84 Å². The SMILES string of the molecule is Cc1ccc(S(=O)(=O)c2ccc(Cn3cnc(C#N)n3)cc2)cc1. The lowest BCUT2D eigenvalue weighted by atomic mass is 10.2. The molecule has 0 bridgehead atoms. The Bertz CT molecular complexity index is 998. The molecule has 0 radical (unpaired) electrons. The number of aromatic nitrogens is 3. The van der Waals surface area contributed by atoms with Crippen LogP contribution in [-0.4, -0.2) is 23.2 Å². The third-order valence-corrected chi connectivity index (χ3v) is 5.33. The van der Waals surface area contributed by atoms with E-state index in [9.17, 15) is 8.42 Å². The molecule has 0 fully saturated rings. The maximum Gasteiger partial charge on any atom is 0.252 e. The van der Waals surface area contributed by atoms with Crippen LogP contribution in [0.4, 0.5) is 0 Å². The average molecular weight is 338 g/mol. The second-order valence-electron chi connectivity index (χ2n) is 5.34. The normalized spacial score (nSPS) is 11.2. The van der Waals surface area contributed by atoms with Crippen LogP contribution in [0, 0.1) is 18.3 Å². The molecule has 0 saturated carbocycles. The number of hydrogen-bond donors (Lipinski definition) is 0. The summed E-state index contributed by atoms with van der Waals surface area (Å²) in [6, 6.07) is 15.2. The van der Waals surface area contributed by atoms with Crippen molar-refractivity contribution in [3.63, 3.8) is 0 Å². The summed E-state index contributed by atoms with van der Waals surface area (Å²) >= 11 is 0. The first kappa shape index (κ1) is 15.9. The summed E-state index contributed by atoms with van der Waals surface area (Å²) < 4.78 is 26.7. The maximum absolute atomic E-state index is 12.6. The molecule has 0 unspecified atom stereocenters. The van der Waals surface area contributed by atoms with Crippen molar-refractivity contribution in [1.29, 1.82) is 5.26 Å². The second-order valence-corrected chi connectivity index (χ2v) is 7.29. The van der Waals surface area contributed by atoms with Crippen molar-refractivity contribution in [2.45, 2.75) is 23.3 Å². The topological polar surface area (TPSA) is 88.6 Å². The molecule has 2 aromatic carbocycles. The minimum atomic E-state index is -3.52. The van der Waals surface area contributed by atoms with Gasteiger partial charge in [-0.15, -0.1) is 5.10 Å². The van der Waals surface area contributed by atoms with E-state index in [4.69, 9.17) is 5.26 Å². The zero-order valence-corrected chi connectivity index (χ0v) is 13.7. The molecule has 0 aliphatic heterocycles. The second kappa shape index (κ2) is 6.26. The summed E-state index contributed by atoms with van der Waals surface area (Å²) in [6.45, 7) is 2.33. The van der Waals surface area contributed by atoms with Crippen molar-refractivity contribution < 1.29 is 8.42 Å². The maximum atomic E-state index is 12.6. The highest BCUT2D eigenvalue weighted by Gasteiger charge is 2.17. The van der Waals surface area contributed by atoms with Crippen molar-refractivity contribution in [3.8, 4) is 6.07 Å². The molecule has 0 saturated heterocycles. The van der Waals surface area contributed by atoms with Crippen LogP contribution in [0.25, 0.3) is 0 Å². The highest BCUT2D eigenvalue weighted by Crippen LogP contribution is 2.21. The fourth-order valence-electron chi connectivity index (χ4n) is 2.24. The Morgan fingerprint density at radius 3 is 2.17 bits per heavy atom. The Balaban J connectivity index is 1.83. The predicted molar refractivity (Wildman–Crippen MR) is 86.9 cm³/mol. The Morgan fingerprint density at radius 2 is 1.62 bits per heavy atom. The van der Waals surface area contributed by atoms with E-state index >= 15 is 0 Å². The lowest BCUT2D eigenvalue weighted by Gasteiger charge is -2.07. The fourth-order valence-corrected chi connectivity index (χ4v) is 3.50. The summed E-state index contributed by atoms with van der Waals surface area (Å²) in [6.07, 6.45) is 1.47. The molecule has 3 rings (SSSR count). The number of aryl methyl sites for hydroxylation is 1. The molecule has 0 aliphatic rings. The van der Waals surface area contributed by atoms with Crippen molar-refractivity contribution in [2.24, 2.45) is 0 Å². The van der Waals surface area contributed by atoms with Gasteiger partial charge in [-0.2, -0.15) is 5.26 Å². The Kier molecular flexibility index (Phi) is 4.15.